The molecule has 1 N–H and O–H groups in total. The average Bonchev–Trinajstić information content (AvgIpc) is 2.30. The number of rotatable bonds is 3. The standard InChI is InChI=1S/C12H10ClNO2/c13-11-6-3-7-12(14-11)16-10-5-2-1-4-9(10)8-15/h1-7,15H,8H2. The minimum atomic E-state index is -0.0727. The Morgan fingerprint density at radius 3 is 2.69 bits per heavy atom. The summed E-state index contributed by atoms with van der Waals surface area (Å²) in [6.07, 6.45) is 0. The van der Waals surface area contributed by atoms with Gasteiger partial charge in [-0.1, -0.05) is 35.9 Å². The van der Waals surface area contributed by atoms with Crippen molar-refractivity contribution >= 4 is 11.6 Å². The summed E-state index contributed by atoms with van der Waals surface area (Å²) in [5.74, 6) is 0.994. The van der Waals surface area contributed by atoms with Crippen molar-refractivity contribution in [3.8, 4) is 11.6 Å². The molecule has 1 aromatic carbocycles. The third-order valence-electron chi connectivity index (χ3n) is 2.05. The molecule has 0 aliphatic carbocycles. The molecule has 0 radical (unpaired) electrons. The van der Waals surface area contributed by atoms with E-state index in [1.165, 1.54) is 0 Å². The van der Waals surface area contributed by atoms with Gasteiger partial charge in [-0.3, -0.25) is 0 Å². The van der Waals surface area contributed by atoms with Crippen LogP contribution >= 0.6 is 11.6 Å². The fraction of sp³-hybridized carbons (Fsp3) is 0.0833. The van der Waals surface area contributed by atoms with Crippen LogP contribution in [0.15, 0.2) is 42.5 Å². The van der Waals surface area contributed by atoms with Gasteiger partial charge in [0.25, 0.3) is 0 Å². The molecule has 16 heavy (non-hydrogen) atoms. The van der Waals surface area contributed by atoms with Gasteiger partial charge in [0.15, 0.2) is 0 Å². The van der Waals surface area contributed by atoms with E-state index >= 15 is 0 Å². The van der Waals surface area contributed by atoms with Crippen LogP contribution in [0.5, 0.6) is 11.6 Å². The van der Waals surface area contributed by atoms with Crippen molar-refractivity contribution in [2.75, 3.05) is 0 Å². The van der Waals surface area contributed by atoms with Crippen molar-refractivity contribution in [3.63, 3.8) is 0 Å². The number of nitrogens with zero attached hydrogens (tertiary/aromatic N) is 1. The predicted octanol–water partition coefficient (Wildman–Crippen LogP) is 3.02. The van der Waals surface area contributed by atoms with Crippen molar-refractivity contribution in [2.45, 2.75) is 6.61 Å². The van der Waals surface area contributed by atoms with Gasteiger partial charge in [-0.25, -0.2) is 4.98 Å². The highest BCUT2D eigenvalue weighted by atomic mass is 35.5. The van der Waals surface area contributed by atoms with E-state index in [0.29, 0.717) is 22.3 Å². The van der Waals surface area contributed by atoms with Crippen molar-refractivity contribution in [3.05, 3.63) is 53.2 Å². The normalized spacial score (nSPS) is 10.1. The lowest BCUT2D eigenvalue weighted by Gasteiger charge is -2.08. The number of halogens is 1. The van der Waals surface area contributed by atoms with E-state index in [9.17, 15) is 0 Å². The Kier molecular flexibility index (Phi) is 3.39. The molecule has 0 fully saturated rings. The summed E-state index contributed by atoms with van der Waals surface area (Å²) < 4.78 is 5.53. The number of aliphatic hydroxyl groups is 1. The lowest BCUT2D eigenvalue weighted by atomic mass is 10.2. The highest BCUT2D eigenvalue weighted by Crippen LogP contribution is 2.24. The summed E-state index contributed by atoms with van der Waals surface area (Å²) in [4.78, 5) is 4.01. The fourth-order valence-electron chi connectivity index (χ4n) is 1.29. The van der Waals surface area contributed by atoms with Gasteiger partial charge in [-0.2, -0.15) is 0 Å². The monoisotopic (exact) mass is 235 g/mol. The number of aromatic nitrogens is 1. The van der Waals surface area contributed by atoms with Crippen LogP contribution < -0.4 is 4.74 Å². The molecule has 0 spiro atoms. The van der Waals surface area contributed by atoms with Crippen LogP contribution in [0.2, 0.25) is 5.15 Å². The lowest BCUT2D eigenvalue weighted by molar-refractivity contribution is 0.276. The number of hydrogen-bond donors (Lipinski definition) is 1. The number of aliphatic hydroxyl groups excluding tert-OH is 1. The van der Waals surface area contributed by atoms with Crippen LogP contribution in [0.4, 0.5) is 0 Å². The summed E-state index contributed by atoms with van der Waals surface area (Å²) >= 11 is 5.74. The molecule has 1 heterocycles. The van der Waals surface area contributed by atoms with E-state index in [4.69, 9.17) is 21.4 Å². The number of benzene rings is 1. The summed E-state index contributed by atoms with van der Waals surface area (Å²) in [7, 11) is 0. The van der Waals surface area contributed by atoms with Gasteiger partial charge in [0.05, 0.1) is 6.61 Å². The molecule has 0 aliphatic rings. The molecule has 0 bridgehead atoms. The third-order valence-corrected chi connectivity index (χ3v) is 2.26. The van der Waals surface area contributed by atoms with Crippen LogP contribution in [-0.4, -0.2) is 10.1 Å². The zero-order valence-corrected chi connectivity index (χ0v) is 9.19. The van der Waals surface area contributed by atoms with Crippen molar-refractivity contribution in [1.82, 2.24) is 4.98 Å². The maximum absolute atomic E-state index is 9.12. The van der Waals surface area contributed by atoms with Crippen molar-refractivity contribution in [1.29, 1.82) is 0 Å². The fourth-order valence-corrected chi connectivity index (χ4v) is 1.45. The Hall–Kier alpha value is -1.58. The zero-order chi connectivity index (χ0) is 11.4. The molecular weight excluding hydrogens is 226 g/mol. The summed E-state index contributed by atoms with van der Waals surface area (Å²) in [6, 6.07) is 12.4. The zero-order valence-electron chi connectivity index (χ0n) is 8.43. The van der Waals surface area contributed by atoms with Gasteiger partial charge >= 0.3 is 0 Å². The van der Waals surface area contributed by atoms with E-state index in [0.717, 1.165) is 0 Å². The van der Waals surface area contributed by atoms with Gasteiger partial charge in [0.2, 0.25) is 5.88 Å². The van der Waals surface area contributed by atoms with Gasteiger partial charge in [-0.15, -0.1) is 0 Å². The molecule has 0 unspecified atom stereocenters. The molecule has 3 nitrogen and oxygen atoms in total. The smallest absolute Gasteiger partial charge is 0.220 e. The minimum absolute atomic E-state index is 0.0727. The second-order valence-corrected chi connectivity index (χ2v) is 3.55. The SMILES string of the molecule is OCc1ccccc1Oc1cccc(Cl)n1. The topological polar surface area (TPSA) is 42.4 Å². The summed E-state index contributed by atoms with van der Waals surface area (Å²) in [6.45, 7) is -0.0727. The third kappa shape index (κ3) is 2.51. The highest BCUT2D eigenvalue weighted by molar-refractivity contribution is 6.29. The molecule has 0 saturated carbocycles. The van der Waals surface area contributed by atoms with Crippen molar-refractivity contribution in [2.24, 2.45) is 0 Å². The largest absolute Gasteiger partial charge is 0.439 e. The molecule has 2 aromatic rings. The van der Waals surface area contributed by atoms with Crippen LogP contribution in [0.3, 0.4) is 0 Å². The Morgan fingerprint density at radius 1 is 1.12 bits per heavy atom. The molecule has 0 aliphatic heterocycles. The molecular formula is C12H10ClNO2. The molecule has 1 aromatic heterocycles. The second kappa shape index (κ2) is 4.96. The molecule has 82 valence electrons. The number of pyridine rings is 1. The quantitative estimate of drug-likeness (QED) is 0.832. The molecule has 0 atom stereocenters. The van der Waals surface area contributed by atoms with E-state index in [-0.39, 0.29) is 6.61 Å². The van der Waals surface area contributed by atoms with Crippen molar-refractivity contribution < 1.29 is 9.84 Å². The molecule has 2 rings (SSSR count). The number of para-hydroxylation sites is 1. The van der Waals surface area contributed by atoms with Gasteiger partial charge < -0.3 is 9.84 Å². The van der Waals surface area contributed by atoms with Gasteiger partial charge in [0.1, 0.15) is 10.9 Å². The van der Waals surface area contributed by atoms with Crippen LogP contribution in [0, 0.1) is 0 Å². The Morgan fingerprint density at radius 2 is 1.94 bits per heavy atom. The lowest BCUT2D eigenvalue weighted by Crippen LogP contribution is -1.92. The van der Waals surface area contributed by atoms with Gasteiger partial charge in [-0.05, 0) is 12.1 Å². The van der Waals surface area contributed by atoms with Crippen LogP contribution in [0.1, 0.15) is 5.56 Å². The Bertz CT molecular complexity index is 488. The van der Waals surface area contributed by atoms with E-state index in [1.807, 2.05) is 12.1 Å². The molecule has 0 saturated heterocycles. The molecule has 4 heteroatoms. The maximum Gasteiger partial charge on any atom is 0.220 e. The van der Waals surface area contributed by atoms with Gasteiger partial charge in [0, 0.05) is 11.6 Å². The summed E-state index contributed by atoms with van der Waals surface area (Å²) in [5, 5.41) is 9.50. The molecule has 0 amide bonds. The first-order chi connectivity index (χ1) is 7.79. The summed E-state index contributed by atoms with van der Waals surface area (Å²) in [5.41, 5.74) is 0.712. The van der Waals surface area contributed by atoms with Crippen LogP contribution in [0.25, 0.3) is 0 Å². The van der Waals surface area contributed by atoms with E-state index in [1.54, 1.807) is 30.3 Å². The van der Waals surface area contributed by atoms with E-state index in [2.05, 4.69) is 4.98 Å². The number of ether oxygens (including phenoxy) is 1. The minimum Gasteiger partial charge on any atom is -0.439 e. The number of hydrogen-bond acceptors (Lipinski definition) is 3. The first kappa shape index (κ1) is 10.9. The predicted molar refractivity (Wildman–Crippen MR) is 61.7 cm³/mol. The van der Waals surface area contributed by atoms with Crippen LogP contribution in [-0.2, 0) is 6.61 Å². The first-order valence-electron chi connectivity index (χ1n) is 4.79. The highest BCUT2D eigenvalue weighted by Gasteiger charge is 2.04. The second-order valence-electron chi connectivity index (χ2n) is 3.17. The average molecular weight is 236 g/mol. The maximum atomic E-state index is 9.12. The van der Waals surface area contributed by atoms with E-state index < -0.39 is 0 Å². The Balaban J connectivity index is 2.26. The Labute approximate surface area is 98.3 Å². The first-order valence-corrected chi connectivity index (χ1v) is 5.16.